The van der Waals surface area contributed by atoms with E-state index < -0.39 is 0 Å². The van der Waals surface area contributed by atoms with Crippen molar-refractivity contribution < 1.29 is 9.47 Å². The monoisotopic (exact) mass is 220 g/mol. The van der Waals surface area contributed by atoms with Crippen LogP contribution in [0.4, 0.5) is 0 Å². The van der Waals surface area contributed by atoms with Gasteiger partial charge >= 0.3 is 0 Å². The average Bonchev–Trinajstić information content (AvgIpc) is 2.38. The largest absolute Gasteiger partial charge is 0.347 e. The van der Waals surface area contributed by atoms with Crippen molar-refractivity contribution in [3.63, 3.8) is 0 Å². The molecule has 0 spiro atoms. The van der Waals surface area contributed by atoms with Crippen LogP contribution in [0.1, 0.15) is 44.9 Å². The first kappa shape index (κ1) is 11.6. The van der Waals surface area contributed by atoms with Gasteiger partial charge in [0.2, 0.25) is 0 Å². The standard InChI is InChI=1S/C14H20O2/c1-10-12-8-6-5-7-11(12)9-15-13(16-10)14(2,3)4/h5-8,10,13H,9H2,1-4H3. The first-order valence-electron chi connectivity index (χ1n) is 5.83. The van der Waals surface area contributed by atoms with Gasteiger partial charge in [0.15, 0.2) is 6.29 Å². The van der Waals surface area contributed by atoms with Crippen LogP contribution in [0, 0.1) is 5.41 Å². The van der Waals surface area contributed by atoms with Gasteiger partial charge in [0.25, 0.3) is 0 Å². The molecule has 0 saturated heterocycles. The molecule has 2 atom stereocenters. The summed E-state index contributed by atoms with van der Waals surface area (Å²) >= 11 is 0. The van der Waals surface area contributed by atoms with Crippen molar-refractivity contribution in [2.75, 3.05) is 0 Å². The molecule has 0 amide bonds. The minimum atomic E-state index is -0.144. The van der Waals surface area contributed by atoms with Gasteiger partial charge in [0.1, 0.15) is 0 Å². The highest BCUT2D eigenvalue weighted by atomic mass is 16.7. The van der Waals surface area contributed by atoms with Crippen LogP contribution in [-0.2, 0) is 16.1 Å². The predicted molar refractivity (Wildman–Crippen MR) is 64.0 cm³/mol. The summed E-state index contributed by atoms with van der Waals surface area (Å²) < 4.78 is 11.8. The Morgan fingerprint density at radius 3 is 2.56 bits per heavy atom. The van der Waals surface area contributed by atoms with Gasteiger partial charge in [-0.15, -0.1) is 0 Å². The fraction of sp³-hybridized carbons (Fsp3) is 0.571. The molecule has 0 aliphatic carbocycles. The summed E-state index contributed by atoms with van der Waals surface area (Å²) in [4.78, 5) is 0. The first-order valence-corrected chi connectivity index (χ1v) is 5.83. The van der Waals surface area contributed by atoms with E-state index in [2.05, 4.69) is 45.9 Å². The van der Waals surface area contributed by atoms with Crippen LogP contribution in [0.3, 0.4) is 0 Å². The van der Waals surface area contributed by atoms with Crippen molar-refractivity contribution in [2.45, 2.75) is 46.7 Å². The molecule has 1 aromatic rings. The van der Waals surface area contributed by atoms with Gasteiger partial charge in [-0.1, -0.05) is 45.0 Å². The van der Waals surface area contributed by atoms with Crippen molar-refractivity contribution in [1.82, 2.24) is 0 Å². The molecule has 1 aromatic carbocycles. The molecule has 1 aliphatic heterocycles. The maximum atomic E-state index is 5.98. The summed E-state index contributed by atoms with van der Waals surface area (Å²) in [5.41, 5.74) is 2.49. The summed E-state index contributed by atoms with van der Waals surface area (Å²) in [6, 6.07) is 8.33. The van der Waals surface area contributed by atoms with E-state index in [-0.39, 0.29) is 17.8 Å². The fourth-order valence-corrected chi connectivity index (χ4v) is 1.98. The van der Waals surface area contributed by atoms with Crippen LogP contribution in [0.15, 0.2) is 24.3 Å². The zero-order chi connectivity index (χ0) is 11.8. The Morgan fingerprint density at radius 1 is 1.19 bits per heavy atom. The molecule has 0 fully saturated rings. The van der Waals surface area contributed by atoms with E-state index in [0.717, 1.165) is 0 Å². The summed E-state index contributed by atoms with van der Waals surface area (Å²) in [7, 11) is 0. The topological polar surface area (TPSA) is 18.5 Å². The quantitative estimate of drug-likeness (QED) is 0.664. The van der Waals surface area contributed by atoms with E-state index >= 15 is 0 Å². The summed E-state index contributed by atoms with van der Waals surface area (Å²) in [6.45, 7) is 9.15. The molecular weight excluding hydrogens is 200 g/mol. The van der Waals surface area contributed by atoms with E-state index in [1.54, 1.807) is 0 Å². The lowest BCUT2D eigenvalue weighted by molar-refractivity contribution is -0.214. The number of rotatable bonds is 0. The van der Waals surface area contributed by atoms with Gasteiger partial charge in [0, 0.05) is 5.41 Å². The minimum Gasteiger partial charge on any atom is -0.347 e. The Kier molecular flexibility index (Phi) is 3.04. The number of fused-ring (bicyclic) bond motifs is 1. The van der Waals surface area contributed by atoms with Gasteiger partial charge in [-0.3, -0.25) is 0 Å². The fourth-order valence-electron chi connectivity index (χ4n) is 1.98. The third-order valence-corrected chi connectivity index (χ3v) is 2.92. The number of ether oxygens (including phenoxy) is 2. The Morgan fingerprint density at radius 2 is 1.88 bits per heavy atom. The van der Waals surface area contributed by atoms with Gasteiger partial charge < -0.3 is 9.47 Å². The smallest absolute Gasteiger partial charge is 0.163 e. The molecule has 16 heavy (non-hydrogen) atoms. The van der Waals surface area contributed by atoms with Crippen molar-refractivity contribution in [3.8, 4) is 0 Å². The van der Waals surface area contributed by atoms with Crippen molar-refractivity contribution in [2.24, 2.45) is 5.41 Å². The minimum absolute atomic E-state index is 0.0102. The molecule has 1 heterocycles. The lowest BCUT2D eigenvalue weighted by Crippen LogP contribution is -2.31. The number of hydrogen-bond donors (Lipinski definition) is 0. The highest BCUT2D eigenvalue weighted by molar-refractivity contribution is 5.28. The van der Waals surface area contributed by atoms with E-state index in [0.29, 0.717) is 6.61 Å². The molecule has 2 unspecified atom stereocenters. The van der Waals surface area contributed by atoms with E-state index in [9.17, 15) is 0 Å². The maximum absolute atomic E-state index is 5.98. The maximum Gasteiger partial charge on any atom is 0.163 e. The van der Waals surface area contributed by atoms with E-state index in [1.165, 1.54) is 11.1 Å². The summed E-state index contributed by atoms with van der Waals surface area (Å²) in [5, 5.41) is 0. The third kappa shape index (κ3) is 2.28. The Balaban J connectivity index is 2.26. The molecule has 0 aromatic heterocycles. The first-order chi connectivity index (χ1) is 7.48. The number of hydrogen-bond acceptors (Lipinski definition) is 2. The van der Waals surface area contributed by atoms with Crippen LogP contribution in [0.25, 0.3) is 0 Å². The second-order valence-electron chi connectivity index (χ2n) is 5.49. The molecule has 2 heteroatoms. The highest BCUT2D eigenvalue weighted by Gasteiger charge is 2.31. The van der Waals surface area contributed by atoms with Crippen LogP contribution >= 0.6 is 0 Å². The molecule has 2 nitrogen and oxygen atoms in total. The van der Waals surface area contributed by atoms with Crippen molar-refractivity contribution >= 4 is 0 Å². The predicted octanol–water partition coefficient (Wildman–Crippen LogP) is 3.67. The van der Waals surface area contributed by atoms with Gasteiger partial charge in [0.05, 0.1) is 12.7 Å². The van der Waals surface area contributed by atoms with Gasteiger partial charge in [-0.2, -0.15) is 0 Å². The van der Waals surface area contributed by atoms with Crippen molar-refractivity contribution in [1.29, 1.82) is 0 Å². The second-order valence-corrected chi connectivity index (χ2v) is 5.49. The normalized spacial score (nSPS) is 26.0. The van der Waals surface area contributed by atoms with Gasteiger partial charge in [-0.05, 0) is 18.1 Å². The molecule has 2 rings (SSSR count). The Hall–Kier alpha value is -0.860. The zero-order valence-electron chi connectivity index (χ0n) is 10.5. The summed E-state index contributed by atoms with van der Waals surface area (Å²) in [6.07, 6.45) is -0.0437. The van der Waals surface area contributed by atoms with Crippen LogP contribution in [-0.4, -0.2) is 6.29 Å². The molecule has 88 valence electrons. The molecular formula is C14H20O2. The van der Waals surface area contributed by atoms with E-state index in [4.69, 9.17) is 9.47 Å². The lowest BCUT2D eigenvalue weighted by atomic mass is 9.96. The average molecular weight is 220 g/mol. The van der Waals surface area contributed by atoms with Crippen LogP contribution in [0.5, 0.6) is 0 Å². The molecule has 0 saturated carbocycles. The second kappa shape index (κ2) is 4.19. The SMILES string of the molecule is CC1OC(C(C)(C)C)OCc2ccccc21. The zero-order valence-corrected chi connectivity index (χ0v) is 10.5. The molecule has 1 aliphatic rings. The van der Waals surface area contributed by atoms with Crippen LogP contribution in [0.2, 0.25) is 0 Å². The molecule has 0 radical (unpaired) electrons. The van der Waals surface area contributed by atoms with Crippen molar-refractivity contribution in [3.05, 3.63) is 35.4 Å². The Labute approximate surface area is 97.6 Å². The molecule has 0 bridgehead atoms. The third-order valence-electron chi connectivity index (χ3n) is 2.92. The van der Waals surface area contributed by atoms with Crippen LogP contribution < -0.4 is 0 Å². The Bertz CT molecular complexity index is 365. The highest BCUT2D eigenvalue weighted by Crippen LogP contribution is 2.34. The lowest BCUT2D eigenvalue weighted by Gasteiger charge is -2.30. The number of benzene rings is 1. The molecule has 0 N–H and O–H groups in total. The van der Waals surface area contributed by atoms with Gasteiger partial charge in [-0.25, -0.2) is 0 Å². The summed E-state index contributed by atoms with van der Waals surface area (Å²) in [5.74, 6) is 0. The van der Waals surface area contributed by atoms with E-state index in [1.807, 2.05) is 6.07 Å².